The number of amides is 2. The number of nitrogens with one attached hydrogen (secondary N) is 2. The summed E-state index contributed by atoms with van der Waals surface area (Å²) in [7, 11) is 0. The second-order valence-corrected chi connectivity index (χ2v) is 3.85. The van der Waals surface area contributed by atoms with E-state index >= 15 is 0 Å². The van der Waals surface area contributed by atoms with Gasteiger partial charge in [0.25, 0.3) is 0 Å². The van der Waals surface area contributed by atoms with Crippen LogP contribution in [-0.4, -0.2) is 24.4 Å². The number of rotatable bonds is 6. The van der Waals surface area contributed by atoms with Gasteiger partial charge in [0.1, 0.15) is 6.04 Å². The van der Waals surface area contributed by atoms with Gasteiger partial charge in [-0.25, -0.2) is 0 Å². The van der Waals surface area contributed by atoms with Crippen LogP contribution in [0.25, 0.3) is 0 Å². The molecule has 0 spiro atoms. The first kappa shape index (κ1) is 13.9. The predicted molar refractivity (Wildman–Crippen MR) is 60.4 cm³/mol. The molecule has 0 aliphatic heterocycles. The van der Waals surface area contributed by atoms with Crippen molar-refractivity contribution in [1.82, 2.24) is 10.6 Å². The highest BCUT2D eigenvalue weighted by atomic mass is 16.2. The molecule has 0 aromatic heterocycles. The van der Waals surface area contributed by atoms with Gasteiger partial charge in [0.05, 0.1) is 0 Å². The third-order valence-electron chi connectivity index (χ3n) is 2.53. The summed E-state index contributed by atoms with van der Waals surface area (Å²) in [4.78, 5) is 22.2. The van der Waals surface area contributed by atoms with Crippen LogP contribution < -0.4 is 10.6 Å². The van der Waals surface area contributed by atoms with Gasteiger partial charge in [-0.05, 0) is 12.8 Å². The molecular weight excluding hydrogens is 192 g/mol. The van der Waals surface area contributed by atoms with Crippen LogP contribution in [0.4, 0.5) is 0 Å². The second kappa shape index (κ2) is 7.26. The summed E-state index contributed by atoms with van der Waals surface area (Å²) in [6.45, 7) is 8.00. The Morgan fingerprint density at radius 1 is 1.20 bits per heavy atom. The number of hydrogen-bond donors (Lipinski definition) is 2. The van der Waals surface area contributed by atoms with Gasteiger partial charge in [-0.3, -0.25) is 9.59 Å². The monoisotopic (exact) mass is 214 g/mol. The van der Waals surface area contributed by atoms with Crippen LogP contribution in [0.1, 0.15) is 40.5 Å². The Bertz CT molecular complexity index is 213. The quantitative estimate of drug-likeness (QED) is 0.694. The van der Waals surface area contributed by atoms with Crippen LogP contribution in [0.5, 0.6) is 0 Å². The summed E-state index contributed by atoms with van der Waals surface area (Å²) in [6, 6.07) is -0.447. The van der Waals surface area contributed by atoms with E-state index in [1.54, 1.807) is 6.92 Å². The van der Waals surface area contributed by atoms with E-state index in [1.165, 1.54) is 6.92 Å². The van der Waals surface area contributed by atoms with Crippen LogP contribution in [0, 0.1) is 5.92 Å². The van der Waals surface area contributed by atoms with E-state index in [0.29, 0.717) is 12.5 Å². The van der Waals surface area contributed by atoms with Crippen molar-refractivity contribution < 1.29 is 9.59 Å². The molecular formula is C11H22N2O2. The molecule has 4 nitrogen and oxygen atoms in total. The van der Waals surface area contributed by atoms with E-state index in [4.69, 9.17) is 0 Å². The van der Waals surface area contributed by atoms with Crippen molar-refractivity contribution in [2.75, 3.05) is 6.54 Å². The fourth-order valence-corrected chi connectivity index (χ4v) is 1.35. The zero-order valence-corrected chi connectivity index (χ0v) is 10.1. The van der Waals surface area contributed by atoms with Crippen LogP contribution >= 0.6 is 0 Å². The molecule has 0 heterocycles. The lowest BCUT2D eigenvalue weighted by atomic mass is 10.0. The van der Waals surface area contributed by atoms with E-state index in [2.05, 4.69) is 24.5 Å². The van der Waals surface area contributed by atoms with Crippen molar-refractivity contribution >= 4 is 11.8 Å². The highest BCUT2D eigenvalue weighted by Gasteiger charge is 2.14. The van der Waals surface area contributed by atoms with Crippen LogP contribution in [-0.2, 0) is 9.59 Å². The maximum absolute atomic E-state index is 11.5. The minimum Gasteiger partial charge on any atom is -0.354 e. The Balaban J connectivity index is 3.86. The molecule has 1 atom stereocenters. The molecule has 0 aliphatic rings. The SMILES string of the molecule is CCC(CC)CNC(=O)C(C)NC(C)=O. The molecule has 0 aromatic rings. The van der Waals surface area contributed by atoms with E-state index < -0.39 is 6.04 Å². The molecule has 0 saturated carbocycles. The van der Waals surface area contributed by atoms with Gasteiger partial charge in [0.15, 0.2) is 0 Å². The molecule has 88 valence electrons. The van der Waals surface area contributed by atoms with Gasteiger partial charge >= 0.3 is 0 Å². The van der Waals surface area contributed by atoms with Gasteiger partial charge in [-0.1, -0.05) is 26.7 Å². The van der Waals surface area contributed by atoms with Gasteiger partial charge in [-0.2, -0.15) is 0 Å². The normalized spacial score (nSPS) is 12.3. The lowest BCUT2D eigenvalue weighted by Gasteiger charge is -2.16. The molecule has 0 rings (SSSR count). The van der Waals surface area contributed by atoms with E-state index in [0.717, 1.165) is 12.8 Å². The maximum atomic E-state index is 11.5. The first-order chi connectivity index (χ1) is 7.01. The molecule has 0 fully saturated rings. The number of carbonyl (C=O) groups is 2. The van der Waals surface area contributed by atoms with Crippen molar-refractivity contribution in [3.63, 3.8) is 0 Å². The summed E-state index contributed by atoms with van der Waals surface area (Å²) in [5, 5.41) is 5.39. The highest BCUT2D eigenvalue weighted by molar-refractivity contribution is 5.86. The summed E-state index contributed by atoms with van der Waals surface area (Å²) >= 11 is 0. The minimum atomic E-state index is -0.447. The van der Waals surface area contributed by atoms with Crippen LogP contribution in [0.15, 0.2) is 0 Å². The molecule has 0 radical (unpaired) electrons. The minimum absolute atomic E-state index is 0.114. The van der Waals surface area contributed by atoms with Gasteiger partial charge in [0, 0.05) is 13.5 Å². The van der Waals surface area contributed by atoms with Crippen molar-refractivity contribution in [2.24, 2.45) is 5.92 Å². The third-order valence-corrected chi connectivity index (χ3v) is 2.53. The number of carbonyl (C=O) groups excluding carboxylic acids is 2. The van der Waals surface area contributed by atoms with Gasteiger partial charge in [-0.15, -0.1) is 0 Å². The van der Waals surface area contributed by atoms with Crippen molar-refractivity contribution in [3.8, 4) is 0 Å². The first-order valence-corrected chi connectivity index (χ1v) is 5.56. The Hall–Kier alpha value is -1.06. The Morgan fingerprint density at radius 2 is 1.73 bits per heavy atom. The molecule has 0 aliphatic carbocycles. The van der Waals surface area contributed by atoms with Gasteiger partial charge in [0.2, 0.25) is 11.8 Å². The summed E-state index contributed by atoms with van der Waals surface area (Å²) in [5.74, 6) is 0.232. The number of hydrogen-bond acceptors (Lipinski definition) is 2. The predicted octanol–water partition coefficient (Wildman–Crippen LogP) is 1.06. The molecule has 0 aromatic carbocycles. The van der Waals surface area contributed by atoms with E-state index in [9.17, 15) is 9.59 Å². The van der Waals surface area contributed by atoms with Gasteiger partial charge < -0.3 is 10.6 Å². The fourth-order valence-electron chi connectivity index (χ4n) is 1.35. The average molecular weight is 214 g/mol. The fraction of sp³-hybridized carbons (Fsp3) is 0.818. The Labute approximate surface area is 91.8 Å². The molecule has 1 unspecified atom stereocenters. The molecule has 15 heavy (non-hydrogen) atoms. The lowest BCUT2D eigenvalue weighted by Crippen LogP contribution is -2.45. The van der Waals surface area contributed by atoms with Crippen LogP contribution in [0.3, 0.4) is 0 Å². The van der Waals surface area contributed by atoms with Crippen LogP contribution in [0.2, 0.25) is 0 Å². The topological polar surface area (TPSA) is 58.2 Å². The molecule has 0 saturated heterocycles. The second-order valence-electron chi connectivity index (χ2n) is 3.85. The molecule has 4 heteroatoms. The van der Waals surface area contributed by atoms with Crippen molar-refractivity contribution in [3.05, 3.63) is 0 Å². The summed E-state index contributed by atoms with van der Waals surface area (Å²) < 4.78 is 0. The molecule has 2 N–H and O–H groups in total. The maximum Gasteiger partial charge on any atom is 0.242 e. The Kier molecular flexibility index (Phi) is 6.75. The lowest BCUT2D eigenvalue weighted by molar-refractivity contribution is -0.127. The Morgan fingerprint density at radius 3 is 2.13 bits per heavy atom. The van der Waals surface area contributed by atoms with E-state index in [-0.39, 0.29) is 11.8 Å². The van der Waals surface area contributed by atoms with E-state index in [1.807, 2.05) is 0 Å². The smallest absolute Gasteiger partial charge is 0.242 e. The molecule has 0 bridgehead atoms. The average Bonchev–Trinajstić information content (AvgIpc) is 2.18. The molecule has 2 amide bonds. The summed E-state index contributed by atoms with van der Waals surface area (Å²) in [6.07, 6.45) is 2.12. The van der Waals surface area contributed by atoms with Crippen molar-refractivity contribution in [1.29, 1.82) is 0 Å². The standard InChI is InChI=1S/C11H22N2O2/c1-5-10(6-2)7-12-11(15)8(3)13-9(4)14/h8,10H,5-7H2,1-4H3,(H,12,15)(H,13,14). The summed E-state index contributed by atoms with van der Waals surface area (Å²) in [5.41, 5.74) is 0. The zero-order chi connectivity index (χ0) is 11.8. The first-order valence-electron chi connectivity index (χ1n) is 5.56. The third kappa shape index (κ3) is 6.10. The zero-order valence-electron chi connectivity index (χ0n) is 10.1. The largest absolute Gasteiger partial charge is 0.354 e. The van der Waals surface area contributed by atoms with Crippen molar-refractivity contribution in [2.45, 2.75) is 46.6 Å². The highest BCUT2D eigenvalue weighted by Crippen LogP contribution is 2.04.